The maximum Gasteiger partial charge on any atom is 0.305 e. The summed E-state index contributed by atoms with van der Waals surface area (Å²) in [7, 11) is 1.58. The normalized spacial score (nSPS) is 10.2. The first-order valence-corrected chi connectivity index (χ1v) is 6.04. The third kappa shape index (κ3) is 3.23. The minimum atomic E-state index is -0.964. The summed E-state index contributed by atoms with van der Waals surface area (Å²) >= 11 is 0. The van der Waals surface area contributed by atoms with Gasteiger partial charge in [0.05, 0.1) is 25.8 Å². The molecule has 0 aliphatic rings. The number of ether oxygens (including phenoxy) is 1. The molecule has 0 unspecified atom stereocenters. The predicted molar refractivity (Wildman–Crippen MR) is 72.7 cm³/mol. The van der Waals surface area contributed by atoms with Crippen LogP contribution in [0.3, 0.4) is 0 Å². The Hall–Kier alpha value is -2.63. The van der Waals surface area contributed by atoms with Gasteiger partial charge in [0, 0.05) is 11.6 Å². The SMILES string of the molecule is COc1ccc(-c2ccc(=O)n(CCC(=O)O)n2)cc1. The van der Waals surface area contributed by atoms with Crippen LogP contribution in [0.15, 0.2) is 41.2 Å². The third-order valence-corrected chi connectivity index (χ3v) is 2.79. The molecule has 1 aromatic carbocycles. The Labute approximate surface area is 115 Å². The summed E-state index contributed by atoms with van der Waals surface area (Å²) in [5, 5.41) is 12.8. The standard InChI is InChI=1S/C14H14N2O4/c1-20-11-4-2-10(3-5-11)12-6-7-13(17)16(15-12)9-8-14(18)19/h2-7H,8-9H2,1H3,(H,18,19). The van der Waals surface area contributed by atoms with E-state index in [0.717, 1.165) is 16.0 Å². The molecular formula is C14H14N2O4. The Bertz CT molecular complexity index is 662. The number of carbonyl (C=O) groups is 1. The molecule has 0 saturated heterocycles. The lowest BCUT2D eigenvalue weighted by Crippen LogP contribution is -2.23. The molecule has 0 radical (unpaired) electrons. The molecular weight excluding hydrogens is 260 g/mol. The third-order valence-electron chi connectivity index (χ3n) is 2.79. The highest BCUT2D eigenvalue weighted by Crippen LogP contribution is 2.19. The summed E-state index contributed by atoms with van der Waals surface area (Å²) < 4.78 is 6.23. The van der Waals surface area contributed by atoms with Gasteiger partial charge in [-0.25, -0.2) is 4.68 Å². The Kier molecular flexibility index (Phi) is 4.14. The van der Waals surface area contributed by atoms with Crippen LogP contribution in [0.2, 0.25) is 0 Å². The molecule has 6 nitrogen and oxygen atoms in total. The average molecular weight is 274 g/mol. The second kappa shape index (κ2) is 6.01. The van der Waals surface area contributed by atoms with E-state index in [1.165, 1.54) is 6.07 Å². The fourth-order valence-corrected chi connectivity index (χ4v) is 1.73. The quantitative estimate of drug-likeness (QED) is 0.891. The summed E-state index contributed by atoms with van der Waals surface area (Å²) in [6, 6.07) is 10.2. The molecule has 2 aromatic rings. The van der Waals surface area contributed by atoms with Crippen LogP contribution in [-0.4, -0.2) is 28.0 Å². The first-order valence-electron chi connectivity index (χ1n) is 6.04. The summed E-state index contributed by atoms with van der Waals surface area (Å²) in [4.78, 5) is 22.2. The van der Waals surface area contributed by atoms with E-state index in [0.29, 0.717) is 5.69 Å². The van der Waals surface area contributed by atoms with Gasteiger partial charge in [-0.2, -0.15) is 5.10 Å². The van der Waals surface area contributed by atoms with Crippen LogP contribution in [0.5, 0.6) is 5.75 Å². The van der Waals surface area contributed by atoms with Crippen molar-refractivity contribution in [2.45, 2.75) is 13.0 Å². The molecule has 6 heteroatoms. The van der Waals surface area contributed by atoms with E-state index < -0.39 is 5.97 Å². The number of benzene rings is 1. The number of carboxylic acids is 1. The van der Waals surface area contributed by atoms with Crippen LogP contribution in [0.4, 0.5) is 0 Å². The minimum Gasteiger partial charge on any atom is -0.497 e. The Morgan fingerprint density at radius 2 is 1.95 bits per heavy atom. The second-order valence-corrected chi connectivity index (χ2v) is 4.15. The average Bonchev–Trinajstić information content (AvgIpc) is 2.46. The van der Waals surface area contributed by atoms with Crippen molar-refractivity contribution in [3.05, 3.63) is 46.8 Å². The van der Waals surface area contributed by atoms with Crippen LogP contribution in [0, 0.1) is 0 Å². The number of aliphatic carboxylic acids is 1. The number of nitrogens with zero attached hydrogens (tertiary/aromatic N) is 2. The van der Waals surface area contributed by atoms with Crippen LogP contribution in [-0.2, 0) is 11.3 Å². The van der Waals surface area contributed by atoms with Crippen LogP contribution in [0.25, 0.3) is 11.3 Å². The maximum atomic E-state index is 11.6. The van der Waals surface area contributed by atoms with E-state index >= 15 is 0 Å². The number of hydrogen-bond donors (Lipinski definition) is 1. The summed E-state index contributed by atoms with van der Waals surface area (Å²) in [5.74, 6) is -0.235. The number of methoxy groups -OCH3 is 1. The largest absolute Gasteiger partial charge is 0.497 e. The molecule has 0 aliphatic heterocycles. The number of carboxylic acid groups (broad SMARTS) is 1. The van der Waals surface area contributed by atoms with E-state index in [1.807, 2.05) is 12.1 Å². The lowest BCUT2D eigenvalue weighted by atomic mass is 10.1. The highest BCUT2D eigenvalue weighted by atomic mass is 16.5. The number of aryl methyl sites for hydroxylation is 1. The Balaban J connectivity index is 2.29. The first kappa shape index (κ1) is 13.8. The molecule has 0 amide bonds. The fraction of sp³-hybridized carbons (Fsp3) is 0.214. The van der Waals surface area contributed by atoms with Gasteiger partial charge in [-0.15, -0.1) is 0 Å². The van der Waals surface area contributed by atoms with Crippen LogP contribution >= 0.6 is 0 Å². The molecule has 20 heavy (non-hydrogen) atoms. The maximum absolute atomic E-state index is 11.6. The Morgan fingerprint density at radius 3 is 2.55 bits per heavy atom. The van der Waals surface area contributed by atoms with Crippen molar-refractivity contribution in [3.63, 3.8) is 0 Å². The van der Waals surface area contributed by atoms with Gasteiger partial charge in [0.15, 0.2) is 0 Å². The summed E-state index contributed by atoms with van der Waals surface area (Å²) in [6.07, 6.45) is -0.140. The van der Waals surface area contributed by atoms with E-state index in [1.54, 1.807) is 25.3 Å². The van der Waals surface area contributed by atoms with Crippen molar-refractivity contribution >= 4 is 5.97 Å². The highest BCUT2D eigenvalue weighted by Gasteiger charge is 2.05. The highest BCUT2D eigenvalue weighted by molar-refractivity contribution is 5.66. The Morgan fingerprint density at radius 1 is 1.25 bits per heavy atom. The minimum absolute atomic E-state index is 0.0537. The number of aromatic nitrogens is 2. The van der Waals surface area contributed by atoms with E-state index in [-0.39, 0.29) is 18.5 Å². The molecule has 0 atom stereocenters. The van der Waals surface area contributed by atoms with Gasteiger partial charge >= 0.3 is 5.97 Å². The molecule has 1 N–H and O–H groups in total. The summed E-state index contributed by atoms with van der Waals surface area (Å²) in [5.41, 5.74) is 1.12. The van der Waals surface area contributed by atoms with Gasteiger partial charge in [-0.1, -0.05) is 0 Å². The van der Waals surface area contributed by atoms with Crippen molar-refractivity contribution in [3.8, 4) is 17.0 Å². The van der Waals surface area contributed by atoms with Crippen molar-refractivity contribution in [2.75, 3.05) is 7.11 Å². The number of rotatable bonds is 5. The van der Waals surface area contributed by atoms with Crippen molar-refractivity contribution in [2.24, 2.45) is 0 Å². The molecule has 1 aromatic heterocycles. The van der Waals surface area contributed by atoms with Gasteiger partial charge in [0.25, 0.3) is 5.56 Å². The molecule has 0 bridgehead atoms. The zero-order chi connectivity index (χ0) is 14.5. The number of hydrogen-bond acceptors (Lipinski definition) is 4. The predicted octanol–water partition coefficient (Wildman–Crippen LogP) is 1.39. The van der Waals surface area contributed by atoms with Crippen LogP contribution < -0.4 is 10.3 Å². The molecule has 0 saturated carbocycles. The molecule has 0 aliphatic carbocycles. The van der Waals surface area contributed by atoms with Crippen molar-refractivity contribution in [1.82, 2.24) is 9.78 Å². The van der Waals surface area contributed by atoms with Gasteiger partial charge in [0.1, 0.15) is 5.75 Å². The van der Waals surface area contributed by atoms with Gasteiger partial charge < -0.3 is 9.84 Å². The van der Waals surface area contributed by atoms with E-state index in [2.05, 4.69) is 5.10 Å². The van der Waals surface area contributed by atoms with Gasteiger partial charge in [-0.05, 0) is 30.3 Å². The molecule has 0 fully saturated rings. The molecule has 2 rings (SSSR count). The van der Waals surface area contributed by atoms with Crippen molar-refractivity contribution < 1.29 is 14.6 Å². The van der Waals surface area contributed by atoms with Gasteiger partial charge in [0.2, 0.25) is 0 Å². The zero-order valence-corrected chi connectivity index (χ0v) is 10.9. The second-order valence-electron chi connectivity index (χ2n) is 4.15. The molecule has 0 spiro atoms. The zero-order valence-electron chi connectivity index (χ0n) is 10.9. The fourth-order valence-electron chi connectivity index (χ4n) is 1.73. The van der Waals surface area contributed by atoms with E-state index in [4.69, 9.17) is 9.84 Å². The topological polar surface area (TPSA) is 81.4 Å². The summed E-state index contributed by atoms with van der Waals surface area (Å²) in [6.45, 7) is 0.0537. The monoisotopic (exact) mass is 274 g/mol. The molecule has 1 heterocycles. The molecule has 104 valence electrons. The van der Waals surface area contributed by atoms with Crippen LogP contribution in [0.1, 0.15) is 6.42 Å². The first-order chi connectivity index (χ1) is 9.60. The lowest BCUT2D eigenvalue weighted by Gasteiger charge is -2.06. The lowest BCUT2D eigenvalue weighted by molar-refractivity contribution is -0.137. The van der Waals surface area contributed by atoms with E-state index in [9.17, 15) is 9.59 Å². The van der Waals surface area contributed by atoms with Crippen molar-refractivity contribution in [1.29, 1.82) is 0 Å². The van der Waals surface area contributed by atoms with Gasteiger partial charge in [-0.3, -0.25) is 9.59 Å². The smallest absolute Gasteiger partial charge is 0.305 e.